The second-order valence-electron chi connectivity index (χ2n) is 7.78. The molecule has 0 aliphatic carbocycles. The van der Waals surface area contributed by atoms with Crippen molar-refractivity contribution >= 4 is 11.3 Å². The largest absolute Gasteiger partial charge is 0.492 e. The van der Waals surface area contributed by atoms with Gasteiger partial charge in [0.15, 0.2) is 0 Å². The van der Waals surface area contributed by atoms with Gasteiger partial charge in [-0.1, -0.05) is 6.07 Å². The average Bonchev–Trinajstić information content (AvgIpc) is 3.43. The van der Waals surface area contributed by atoms with Crippen LogP contribution in [0.5, 0.6) is 11.6 Å². The van der Waals surface area contributed by atoms with E-state index in [0.29, 0.717) is 36.9 Å². The number of fused-ring (bicyclic) bond motifs is 1. The van der Waals surface area contributed by atoms with E-state index in [2.05, 4.69) is 26.0 Å². The van der Waals surface area contributed by atoms with Crippen LogP contribution in [-0.2, 0) is 0 Å². The average molecular weight is 441 g/mol. The molecular weight excluding hydrogens is 418 g/mol. The quantitative estimate of drug-likeness (QED) is 0.486. The van der Waals surface area contributed by atoms with Crippen LogP contribution in [0.4, 0.5) is 5.82 Å². The molecule has 1 saturated heterocycles. The molecule has 0 aromatic carbocycles. The second kappa shape index (κ2) is 8.76. The highest BCUT2D eigenvalue weighted by Crippen LogP contribution is 2.31. The Labute approximate surface area is 191 Å². The van der Waals surface area contributed by atoms with Crippen LogP contribution in [0.1, 0.15) is 12.5 Å². The van der Waals surface area contributed by atoms with E-state index in [-0.39, 0.29) is 12.1 Å². The van der Waals surface area contributed by atoms with Crippen molar-refractivity contribution in [1.82, 2.24) is 19.6 Å². The lowest BCUT2D eigenvalue weighted by Gasteiger charge is -2.18. The molecule has 0 saturated carbocycles. The Balaban J connectivity index is 1.41. The molecule has 2 unspecified atom stereocenters. The molecule has 1 aliphatic heterocycles. The maximum absolute atomic E-state index is 9.53. The number of nitriles is 1. The highest BCUT2D eigenvalue weighted by molar-refractivity contribution is 5.85. The second-order valence-corrected chi connectivity index (χ2v) is 7.78. The van der Waals surface area contributed by atoms with E-state index in [1.165, 1.54) is 0 Å². The smallest absolute Gasteiger partial charge is 0.213 e. The van der Waals surface area contributed by atoms with Gasteiger partial charge in [-0.2, -0.15) is 10.4 Å². The monoisotopic (exact) mass is 441 g/mol. The molecule has 1 aliphatic rings. The molecule has 0 bridgehead atoms. The van der Waals surface area contributed by atoms with Crippen LogP contribution >= 0.6 is 0 Å². The van der Waals surface area contributed by atoms with Crippen LogP contribution in [0.25, 0.3) is 16.6 Å². The molecule has 9 heteroatoms. The Morgan fingerprint density at radius 2 is 2.09 bits per heavy atom. The molecule has 4 aromatic rings. The van der Waals surface area contributed by atoms with Gasteiger partial charge in [-0.05, 0) is 31.2 Å². The van der Waals surface area contributed by atoms with Crippen LogP contribution < -0.4 is 20.1 Å². The third kappa shape index (κ3) is 4.04. The van der Waals surface area contributed by atoms with Crippen LogP contribution in [0.2, 0.25) is 0 Å². The Morgan fingerprint density at radius 1 is 1.18 bits per heavy atom. The number of anilines is 1. The lowest BCUT2D eigenvalue weighted by molar-refractivity contribution is 0.198. The van der Waals surface area contributed by atoms with Crippen LogP contribution in [-0.4, -0.2) is 51.4 Å². The van der Waals surface area contributed by atoms with Crippen molar-refractivity contribution in [2.45, 2.75) is 19.1 Å². The third-order valence-electron chi connectivity index (χ3n) is 5.62. The van der Waals surface area contributed by atoms with Gasteiger partial charge < -0.3 is 20.1 Å². The van der Waals surface area contributed by atoms with Gasteiger partial charge in [-0.25, -0.2) is 14.5 Å². The summed E-state index contributed by atoms with van der Waals surface area (Å²) in [6, 6.07) is 13.5. The Kier molecular flexibility index (Phi) is 5.50. The molecule has 0 amide bonds. The molecule has 4 aromatic heterocycles. The molecular formula is C24H23N7O2. The first-order valence-corrected chi connectivity index (χ1v) is 10.7. The molecule has 0 spiro atoms. The van der Waals surface area contributed by atoms with Crippen molar-refractivity contribution in [2.75, 3.05) is 24.6 Å². The Bertz CT molecular complexity index is 1300. The summed E-state index contributed by atoms with van der Waals surface area (Å²) in [5.74, 6) is 2.06. The molecule has 9 nitrogen and oxygen atoms in total. The topological polar surface area (TPSA) is 115 Å². The lowest BCUT2D eigenvalue weighted by Crippen LogP contribution is -2.37. The van der Waals surface area contributed by atoms with Crippen molar-refractivity contribution in [3.63, 3.8) is 0 Å². The minimum absolute atomic E-state index is 0.152. The number of hydrogen-bond donors (Lipinski definition) is 1. The van der Waals surface area contributed by atoms with Crippen molar-refractivity contribution in [2.24, 2.45) is 5.73 Å². The van der Waals surface area contributed by atoms with Gasteiger partial charge >= 0.3 is 0 Å². The summed E-state index contributed by atoms with van der Waals surface area (Å²) >= 11 is 0. The van der Waals surface area contributed by atoms with Gasteiger partial charge in [0.1, 0.15) is 23.7 Å². The summed E-state index contributed by atoms with van der Waals surface area (Å²) in [6.45, 7) is 3.71. The molecule has 2 N–H and O–H groups in total. The molecule has 2 atom stereocenters. The zero-order valence-corrected chi connectivity index (χ0v) is 18.1. The van der Waals surface area contributed by atoms with Crippen LogP contribution in [0.15, 0.2) is 61.2 Å². The first-order valence-electron chi connectivity index (χ1n) is 10.7. The number of rotatable bonds is 6. The zero-order chi connectivity index (χ0) is 22.8. The van der Waals surface area contributed by atoms with E-state index >= 15 is 0 Å². The number of aromatic nitrogens is 4. The standard InChI is InChI=1S/C24H23N7O2/c1-2-32-18-9-19(24-17(10-25)12-29-31(24)13-18)16-6-7-22(28-11-16)30-14-20(26)21(15-30)33-23-5-3-4-8-27-23/h3-9,11-13,20-21H,2,14-15,26H2,1H3. The number of nitrogens with zero attached hydrogens (tertiary/aromatic N) is 6. The highest BCUT2D eigenvalue weighted by Gasteiger charge is 2.33. The summed E-state index contributed by atoms with van der Waals surface area (Å²) in [4.78, 5) is 11.0. The fourth-order valence-corrected chi connectivity index (χ4v) is 4.06. The van der Waals surface area contributed by atoms with Gasteiger partial charge in [0.2, 0.25) is 5.88 Å². The van der Waals surface area contributed by atoms with Crippen molar-refractivity contribution in [1.29, 1.82) is 5.26 Å². The first-order chi connectivity index (χ1) is 16.2. The minimum atomic E-state index is -0.172. The normalized spacial score (nSPS) is 17.8. The van der Waals surface area contributed by atoms with E-state index in [1.54, 1.807) is 29.3 Å². The zero-order valence-electron chi connectivity index (χ0n) is 18.1. The summed E-state index contributed by atoms with van der Waals surface area (Å²) in [6.07, 6.45) is 6.66. The highest BCUT2D eigenvalue weighted by atomic mass is 16.5. The SMILES string of the molecule is CCOc1cc(-c2ccc(N3CC(N)C(Oc4ccccn4)C3)nc2)c2c(C#N)cnn2c1. The maximum Gasteiger partial charge on any atom is 0.213 e. The minimum Gasteiger partial charge on any atom is -0.492 e. The van der Waals surface area contributed by atoms with E-state index in [0.717, 1.165) is 22.5 Å². The Hall–Kier alpha value is -4.16. The third-order valence-corrected chi connectivity index (χ3v) is 5.62. The number of nitrogens with two attached hydrogens (primary N) is 1. The summed E-state index contributed by atoms with van der Waals surface area (Å²) in [5.41, 5.74) is 9.25. The van der Waals surface area contributed by atoms with E-state index in [1.807, 2.05) is 43.3 Å². The summed E-state index contributed by atoms with van der Waals surface area (Å²) in [7, 11) is 0. The summed E-state index contributed by atoms with van der Waals surface area (Å²) < 4.78 is 13.3. The molecule has 5 rings (SSSR count). The predicted molar refractivity (Wildman–Crippen MR) is 123 cm³/mol. The Morgan fingerprint density at radius 3 is 2.82 bits per heavy atom. The lowest BCUT2D eigenvalue weighted by atomic mass is 10.1. The molecule has 0 radical (unpaired) electrons. The fourth-order valence-electron chi connectivity index (χ4n) is 4.06. The van der Waals surface area contributed by atoms with Crippen LogP contribution in [0.3, 0.4) is 0 Å². The first kappa shape index (κ1) is 20.7. The van der Waals surface area contributed by atoms with Crippen molar-refractivity contribution in [3.8, 4) is 28.8 Å². The van der Waals surface area contributed by atoms with Gasteiger partial charge in [0.05, 0.1) is 42.7 Å². The molecule has 5 heterocycles. The molecule has 166 valence electrons. The van der Waals surface area contributed by atoms with Crippen molar-refractivity contribution in [3.05, 3.63) is 66.7 Å². The van der Waals surface area contributed by atoms with Gasteiger partial charge in [-0.15, -0.1) is 0 Å². The van der Waals surface area contributed by atoms with E-state index in [9.17, 15) is 5.26 Å². The van der Waals surface area contributed by atoms with Gasteiger partial charge in [0.25, 0.3) is 0 Å². The predicted octanol–water partition coefficient (Wildman–Crippen LogP) is 2.66. The number of pyridine rings is 3. The number of hydrogen-bond acceptors (Lipinski definition) is 8. The number of ether oxygens (including phenoxy) is 2. The summed E-state index contributed by atoms with van der Waals surface area (Å²) in [5, 5.41) is 13.8. The van der Waals surface area contributed by atoms with E-state index in [4.69, 9.17) is 15.2 Å². The maximum atomic E-state index is 9.53. The van der Waals surface area contributed by atoms with Gasteiger partial charge in [-0.3, -0.25) is 0 Å². The fraction of sp³-hybridized carbons (Fsp3) is 0.250. The molecule has 33 heavy (non-hydrogen) atoms. The van der Waals surface area contributed by atoms with Gasteiger partial charge in [0, 0.05) is 36.1 Å². The molecule has 1 fully saturated rings. The van der Waals surface area contributed by atoms with Crippen molar-refractivity contribution < 1.29 is 9.47 Å². The van der Waals surface area contributed by atoms with E-state index < -0.39 is 0 Å². The van der Waals surface area contributed by atoms with Crippen LogP contribution in [0, 0.1) is 11.3 Å².